The first-order valence-corrected chi connectivity index (χ1v) is 4.68. The van der Waals surface area contributed by atoms with E-state index in [1.807, 2.05) is 0 Å². The van der Waals surface area contributed by atoms with Gasteiger partial charge in [0.2, 0.25) is 0 Å². The largest absolute Gasteiger partial charge is 0.390 e. The molecule has 2 atom stereocenters. The summed E-state index contributed by atoms with van der Waals surface area (Å²) >= 11 is 0. The molecule has 6 heteroatoms. The van der Waals surface area contributed by atoms with Gasteiger partial charge in [0.1, 0.15) is 6.10 Å². The van der Waals surface area contributed by atoms with Crippen LogP contribution in [-0.2, 0) is 0 Å². The normalized spacial score (nSPS) is 14.9. The molecule has 0 aliphatic heterocycles. The molecular formula is C10H12F3NO2. The molecular weight excluding hydrogens is 223 g/mol. The molecule has 1 rings (SSSR count). The number of aliphatic hydroxyl groups excluding tert-OH is 2. The summed E-state index contributed by atoms with van der Waals surface area (Å²) in [4.78, 5) is 0. The van der Waals surface area contributed by atoms with E-state index in [0.717, 1.165) is 6.07 Å². The monoisotopic (exact) mass is 235 g/mol. The fourth-order valence-corrected chi connectivity index (χ4v) is 1.31. The minimum Gasteiger partial charge on any atom is -0.390 e. The number of rotatable bonds is 4. The average Bonchev–Trinajstić information content (AvgIpc) is 2.26. The maximum atomic E-state index is 13.2. The van der Waals surface area contributed by atoms with Gasteiger partial charge in [-0.25, -0.2) is 13.2 Å². The van der Waals surface area contributed by atoms with Crippen LogP contribution in [0.25, 0.3) is 0 Å². The summed E-state index contributed by atoms with van der Waals surface area (Å²) in [5.74, 6) is -4.51. The third-order valence-corrected chi connectivity index (χ3v) is 2.21. The summed E-state index contributed by atoms with van der Waals surface area (Å²) < 4.78 is 38.6. The Morgan fingerprint density at radius 2 is 1.75 bits per heavy atom. The second-order valence-electron chi connectivity index (χ2n) is 3.35. The summed E-state index contributed by atoms with van der Waals surface area (Å²) in [5, 5.41) is 18.8. The van der Waals surface area contributed by atoms with Crippen molar-refractivity contribution in [1.82, 2.24) is 0 Å². The summed E-state index contributed by atoms with van der Waals surface area (Å²) in [6.45, 7) is 0.0868. The van der Waals surface area contributed by atoms with E-state index in [1.165, 1.54) is 0 Å². The Bertz CT molecular complexity index is 373. The highest BCUT2D eigenvalue weighted by Gasteiger charge is 2.24. The lowest BCUT2D eigenvalue weighted by Gasteiger charge is -2.18. The SMILES string of the molecule is NCCC(O)C(O)c1ccc(F)c(F)c1F. The van der Waals surface area contributed by atoms with E-state index in [-0.39, 0.29) is 13.0 Å². The predicted molar refractivity (Wildman–Crippen MR) is 51.0 cm³/mol. The molecule has 3 nitrogen and oxygen atoms in total. The van der Waals surface area contributed by atoms with Crippen molar-refractivity contribution in [3.63, 3.8) is 0 Å². The summed E-state index contributed by atoms with van der Waals surface area (Å²) in [6, 6.07) is 1.57. The van der Waals surface area contributed by atoms with Gasteiger partial charge >= 0.3 is 0 Å². The van der Waals surface area contributed by atoms with Crippen LogP contribution in [0.4, 0.5) is 13.2 Å². The predicted octanol–water partition coefficient (Wildman–Crippen LogP) is 0.847. The number of benzene rings is 1. The van der Waals surface area contributed by atoms with Crippen LogP contribution < -0.4 is 5.73 Å². The molecule has 0 fully saturated rings. The number of aliphatic hydroxyl groups is 2. The average molecular weight is 235 g/mol. The van der Waals surface area contributed by atoms with Gasteiger partial charge in [-0.2, -0.15) is 0 Å². The van der Waals surface area contributed by atoms with Gasteiger partial charge in [-0.15, -0.1) is 0 Å². The molecule has 0 spiro atoms. The van der Waals surface area contributed by atoms with Crippen molar-refractivity contribution in [3.8, 4) is 0 Å². The van der Waals surface area contributed by atoms with Crippen molar-refractivity contribution in [3.05, 3.63) is 35.1 Å². The summed E-state index contributed by atoms with van der Waals surface area (Å²) in [7, 11) is 0. The summed E-state index contributed by atoms with van der Waals surface area (Å²) in [6.07, 6.45) is -2.91. The van der Waals surface area contributed by atoms with Crippen molar-refractivity contribution in [2.45, 2.75) is 18.6 Å². The molecule has 1 aromatic rings. The van der Waals surface area contributed by atoms with Crippen LogP contribution in [0, 0.1) is 17.5 Å². The molecule has 16 heavy (non-hydrogen) atoms. The van der Waals surface area contributed by atoms with Crippen molar-refractivity contribution in [2.75, 3.05) is 6.54 Å². The molecule has 2 unspecified atom stereocenters. The third kappa shape index (κ3) is 2.52. The first-order chi connectivity index (χ1) is 7.49. The fraction of sp³-hybridized carbons (Fsp3) is 0.400. The maximum Gasteiger partial charge on any atom is 0.194 e. The van der Waals surface area contributed by atoms with Crippen molar-refractivity contribution < 1.29 is 23.4 Å². The van der Waals surface area contributed by atoms with Crippen LogP contribution in [0.2, 0.25) is 0 Å². The van der Waals surface area contributed by atoms with Crippen LogP contribution in [0.1, 0.15) is 18.1 Å². The first-order valence-electron chi connectivity index (χ1n) is 4.68. The molecule has 0 heterocycles. The number of nitrogens with two attached hydrogens (primary N) is 1. The second-order valence-corrected chi connectivity index (χ2v) is 3.35. The topological polar surface area (TPSA) is 66.5 Å². The van der Waals surface area contributed by atoms with E-state index in [9.17, 15) is 23.4 Å². The van der Waals surface area contributed by atoms with Gasteiger partial charge < -0.3 is 15.9 Å². The minimum absolute atomic E-state index is 0.0274. The molecule has 0 saturated heterocycles. The molecule has 0 bridgehead atoms. The molecule has 90 valence electrons. The molecule has 4 N–H and O–H groups in total. The Morgan fingerprint density at radius 3 is 2.31 bits per heavy atom. The Balaban J connectivity index is 3.00. The van der Waals surface area contributed by atoms with Crippen molar-refractivity contribution >= 4 is 0 Å². The van der Waals surface area contributed by atoms with Crippen molar-refractivity contribution in [2.24, 2.45) is 5.73 Å². The van der Waals surface area contributed by atoms with Gasteiger partial charge in [-0.05, 0) is 19.0 Å². The molecule has 0 saturated carbocycles. The highest BCUT2D eigenvalue weighted by molar-refractivity contribution is 5.23. The highest BCUT2D eigenvalue weighted by Crippen LogP contribution is 2.24. The first kappa shape index (κ1) is 13.0. The Hall–Kier alpha value is -1.11. The van der Waals surface area contributed by atoms with Gasteiger partial charge in [0.05, 0.1) is 6.10 Å². The number of halogens is 3. The Morgan fingerprint density at radius 1 is 1.12 bits per heavy atom. The quantitative estimate of drug-likeness (QED) is 0.678. The van der Waals surface area contributed by atoms with Gasteiger partial charge in [0.15, 0.2) is 17.5 Å². The Labute approximate surface area is 90.3 Å². The van der Waals surface area contributed by atoms with E-state index in [4.69, 9.17) is 5.73 Å². The van der Waals surface area contributed by atoms with Crippen LogP contribution in [0.3, 0.4) is 0 Å². The van der Waals surface area contributed by atoms with Gasteiger partial charge in [0.25, 0.3) is 0 Å². The lowest BCUT2D eigenvalue weighted by atomic mass is 10.0. The lowest BCUT2D eigenvalue weighted by molar-refractivity contribution is 0.0125. The summed E-state index contributed by atoms with van der Waals surface area (Å²) in [5.41, 5.74) is 4.65. The highest BCUT2D eigenvalue weighted by atomic mass is 19.2. The van der Waals surface area contributed by atoms with Crippen LogP contribution in [0.15, 0.2) is 12.1 Å². The zero-order valence-electron chi connectivity index (χ0n) is 8.33. The zero-order chi connectivity index (χ0) is 12.3. The van der Waals surface area contributed by atoms with Gasteiger partial charge in [0, 0.05) is 5.56 Å². The van der Waals surface area contributed by atoms with E-state index < -0.39 is 35.2 Å². The molecule has 0 aromatic heterocycles. The zero-order valence-corrected chi connectivity index (χ0v) is 8.33. The minimum atomic E-state index is -1.67. The lowest BCUT2D eigenvalue weighted by Crippen LogP contribution is -2.23. The van der Waals surface area contributed by atoms with Crippen LogP contribution in [-0.4, -0.2) is 22.9 Å². The van der Waals surface area contributed by atoms with E-state index in [1.54, 1.807) is 0 Å². The molecule has 0 aliphatic carbocycles. The molecule has 0 aliphatic rings. The van der Waals surface area contributed by atoms with E-state index in [0.29, 0.717) is 6.07 Å². The van der Waals surface area contributed by atoms with Gasteiger partial charge in [-0.3, -0.25) is 0 Å². The van der Waals surface area contributed by atoms with Crippen LogP contribution >= 0.6 is 0 Å². The smallest absolute Gasteiger partial charge is 0.194 e. The van der Waals surface area contributed by atoms with E-state index >= 15 is 0 Å². The fourth-order valence-electron chi connectivity index (χ4n) is 1.31. The number of hydrogen-bond acceptors (Lipinski definition) is 3. The third-order valence-electron chi connectivity index (χ3n) is 2.21. The van der Waals surface area contributed by atoms with E-state index in [2.05, 4.69) is 0 Å². The molecule has 1 aromatic carbocycles. The second kappa shape index (κ2) is 5.29. The molecule has 0 radical (unpaired) electrons. The van der Waals surface area contributed by atoms with Gasteiger partial charge in [-0.1, -0.05) is 6.07 Å². The Kier molecular flexibility index (Phi) is 4.28. The molecule has 0 amide bonds. The number of hydrogen-bond donors (Lipinski definition) is 3. The van der Waals surface area contributed by atoms with Crippen LogP contribution in [0.5, 0.6) is 0 Å². The maximum absolute atomic E-state index is 13.2. The standard InChI is InChI=1S/C10H12F3NO2/c11-6-2-1-5(8(12)9(6)13)10(16)7(15)3-4-14/h1-2,7,10,15-16H,3-4,14H2. The van der Waals surface area contributed by atoms with Crippen molar-refractivity contribution in [1.29, 1.82) is 0 Å².